The van der Waals surface area contributed by atoms with E-state index in [-0.39, 0.29) is 0 Å². The maximum Gasteiger partial charge on any atom is 0.333 e. The van der Waals surface area contributed by atoms with Crippen LogP contribution >= 0.6 is 11.6 Å². The summed E-state index contributed by atoms with van der Waals surface area (Å²) in [7, 11) is 0. The zero-order valence-electron chi connectivity index (χ0n) is 12.1. The van der Waals surface area contributed by atoms with Crippen LogP contribution in [0.1, 0.15) is 31.7 Å². The van der Waals surface area contributed by atoms with Crippen molar-refractivity contribution in [2.75, 3.05) is 6.61 Å². The Balaban J connectivity index is 2.80. The lowest BCUT2D eigenvalue weighted by atomic mass is 10.1. The van der Waals surface area contributed by atoms with Crippen molar-refractivity contribution in [1.29, 1.82) is 0 Å². The number of aryl methyl sites for hydroxylation is 1. The number of carbonyl (C=O) groups excluding carboxylic acids is 1. The number of rotatable bonds is 5. The Kier molecular flexibility index (Phi) is 5.44. The maximum absolute atomic E-state index is 12.6. The summed E-state index contributed by atoms with van der Waals surface area (Å²) in [6.45, 7) is 6.01. The summed E-state index contributed by atoms with van der Waals surface area (Å²) in [5.41, 5.74) is -0.0447. The van der Waals surface area contributed by atoms with Crippen molar-refractivity contribution in [1.82, 2.24) is 9.78 Å². The van der Waals surface area contributed by atoms with Gasteiger partial charge in [0.25, 0.3) is 0 Å². The number of hydrogen-bond acceptors (Lipinski definition) is 3. The Hall–Kier alpha value is -1.50. The van der Waals surface area contributed by atoms with Crippen molar-refractivity contribution in [3.8, 4) is 0 Å². The predicted octanol–water partition coefficient (Wildman–Crippen LogP) is 3.90. The van der Waals surface area contributed by atoms with Gasteiger partial charge in [0.05, 0.1) is 23.0 Å². The van der Waals surface area contributed by atoms with Gasteiger partial charge in [-0.25, -0.2) is 9.18 Å². The summed E-state index contributed by atoms with van der Waals surface area (Å²) < 4.78 is 42.6. The second-order valence-electron chi connectivity index (χ2n) is 5.01. The number of nitrogens with zero attached hydrogens (tertiary/aromatic N) is 2. The van der Waals surface area contributed by atoms with Crippen LogP contribution in [-0.2, 0) is 15.1 Å². The highest BCUT2D eigenvalue weighted by molar-refractivity contribution is 6.31. The van der Waals surface area contributed by atoms with Gasteiger partial charge in [-0.3, -0.25) is 4.68 Å². The molecule has 0 N–H and O–H groups in total. The molecule has 4 nitrogen and oxygen atoms in total. The van der Waals surface area contributed by atoms with Gasteiger partial charge in [0, 0.05) is 6.42 Å². The Bertz CT molecular complexity index is 578. The fourth-order valence-electron chi connectivity index (χ4n) is 1.76. The Labute approximate surface area is 125 Å². The minimum Gasteiger partial charge on any atom is -0.463 e. The molecular weight excluding hydrogens is 309 g/mol. The van der Waals surface area contributed by atoms with Crippen molar-refractivity contribution in [3.05, 3.63) is 28.3 Å². The first kappa shape index (κ1) is 17.6. The van der Waals surface area contributed by atoms with Crippen LogP contribution in [0.2, 0.25) is 5.02 Å². The van der Waals surface area contributed by atoms with Crippen molar-refractivity contribution in [3.63, 3.8) is 0 Å². The molecule has 0 radical (unpaired) electrons. The minimum atomic E-state index is -2.41. The van der Waals surface area contributed by atoms with Crippen LogP contribution in [0.25, 0.3) is 0 Å². The quantitative estimate of drug-likeness (QED) is 0.772. The van der Waals surface area contributed by atoms with Gasteiger partial charge in [-0.1, -0.05) is 11.6 Å². The molecule has 0 unspecified atom stereocenters. The van der Waals surface area contributed by atoms with Crippen LogP contribution in [0.3, 0.4) is 0 Å². The molecule has 0 saturated heterocycles. The Morgan fingerprint density at radius 2 is 1.90 bits per heavy atom. The minimum absolute atomic E-state index is 0.435. The van der Waals surface area contributed by atoms with Crippen LogP contribution in [0, 0.1) is 13.8 Å². The fraction of sp³-hybridized carbons (Fsp3) is 0.538. The summed E-state index contributed by atoms with van der Waals surface area (Å²) in [5.74, 6) is -2.30. The van der Waals surface area contributed by atoms with E-state index in [9.17, 15) is 18.0 Å². The SMILES string of the molecule is Cc1nn(C(C)(C)C(=O)OCCC(F)=C(F)F)c(C)c1Cl. The van der Waals surface area contributed by atoms with E-state index in [4.69, 9.17) is 16.3 Å². The number of halogens is 4. The molecule has 0 aliphatic carbocycles. The van der Waals surface area contributed by atoms with E-state index in [2.05, 4.69) is 5.10 Å². The Morgan fingerprint density at radius 1 is 1.33 bits per heavy atom. The number of aromatic nitrogens is 2. The summed E-state index contributed by atoms with van der Waals surface area (Å²) in [4.78, 5) is 12.0. The molecule has 118 valence electrons. The van der Waals surface area contributed by atoms with Gasteiger partial charge < -0.3 is 4.74 Å². The average molecular weight is 325 g/mol. The molecule has 0 amide bonds. The molecule has 0 aliphatic rings. The summed E-state index contributed by atoms with van der Waals surface area (Å²) >= 11 is 6.02. The van der Waals surface area contributed by atoms with Crippen LogP contribution in [-0.4, -0.2) is 22.4 Å². The van der Waals surface area contributed by atoms with Gasteiger partial charge >= 0.3 is 12.0 Å². The molecule has 0 aromatic carbocycles. The highest BCUT2D eigenvalue weighted by atomic mass is 35.5. The van der Waals surface area contributed by atoms with Crippen LogP contribution in [0.5, 0.6) is 0 Å². The molecule has 0 atom stereocenters. The normalized spacial score (nSPS) is 11.4. The zero-order valence-corrected chi connectivity index (χ0v) is 12.9. The molecule has 1 rings (SSSR count). The lowest BCUT2D eigenvalue weighted by molar-refractivity contribution is -0.153. The van der Waals surface area contributed by atoms with Crippen molar-refractivity contribution in [2.45, 2.75) is 39.7 Å². The highest BCUT2D eigenvalue weighted by Crippen LogP contribution is 2.26. The van der Waals surface area contributed by atoms with Crippen LogP contribution < -0.4 is 0 Å². The Morgan fingerprint density at radius 3 is 2.33 bits per heavy atom. The molecule has 0 aliphatic heterocycles. The largest absolute Gasteiger partial charge is 0.463 e. The lowest BCUT2D eigenvalue weighted by Crippen LogP contribution is -2.39. The van der Waals surface area contributed by atoms with E-state index in [1.54, 1.807) is 27.7 Å². The standard InChI is InChI=1S/C13H16ClF3N2O2/c1-7-10(14)8(2)19(18-7)13(3,4)12(20)21-6-5-9(15)11(16)17/h5-6H2,1-4H3. The third kappa shape index (κ3) is 3.78. The average Bonchev–Trinajstić information content (AvgIpc) is 2.66. The molecule has 21 heavy (non-hydrogen) atoms. The zero-order chi connectivity index (χ0) is 16.4. The molecule has 0 saturated carbocycles. The fourth-order valence-corrected chi connectivity index (χ4v) is 1.88. The van der Waals surface area contributed by atoms with Gasteiger partial charge in [0.2, 0.25) is 0 Å². The van der Waals surface area contributed by atoms with E-state index in [0.29, 0.717) is 16.4 Å². The third-order valence-electron chi connectivity index (χ3n) is 2.99. The van der Waals surface area contributed by atoms with Gasteiger partial charge in [-0.2, -0.15) is 13.9 Å². The first-order chi connectivity index (χ1) is 9.59. The predicted molar refractivity (Wildman–Crippen MR) is 72.0 cm³/mol. The first-order valence-electron chi connectivity index (χ1n) is 6.18. The number of carbonyl (C=O) groups is 1. The van der Waals surface area contributed by atoms with Crippen LogP contribution in [0.15, 0.2) is 11.9 Å². The topological polar surface area (TPSA) is 44.1 Å². The van der Waals surface area contributed by atoms with E-state index in [1.807, 2.05) is 0 Å². The first-order valence-corrected chi connectivity index (χ1v) is 6.56. The smallest absolute Gasteiger partial charge is 0.333 e. The molecule has 1 heterocycles. The molecule has 8 heteroatoms. The van der Waals surface area contributed by atoms with Crippen molar-refractivity contribution < 1.29 is 22.7 Å². The lowest BCUT2D eigenvalue weighted by Gasteiger charge is -2.24. The molecular formula is C13H16ClF3N2O2. The molecule has 1 aromatic rings. The van der Waals surface area contributed by atoms with Crippen molar-refractivity contribution in [2.24, 2.45) is 0 Å². The van der Waals surface area contributed by atoms with Crippen LogP contribution in [0.4, 0.5) is 13.2 Å². The summed E-state index contributed by atoms with van der Waals surface area (Å²) in [5, 5.41) is 4.59. The molecule has 0 fully saturated rings. The monoisotopic (exact) mass is 324 g/mol. The number of hydrogen-bond donors (Lipinski definition) is 0. The second-order valence-corrected chi connectivity index (χ2v) is 5.38. The highest BCUT2D eigenvalue weighted by Gasteiger charge is 2.34. The van der Waals surface area contributed by atoms with Crippen molar-refractivity contribution >= 4 is 17.6 Å². The van der Waals surface area contributed by atoms with E-state index >= 15 is 0 Å². The van der Waals surface area contributed by atoms with E-state index in [0.717, 1.165) is 0 Å². The van der Waals surface area contributed by atoms with Gasteiger partial charge in [-0.15, -0.1) is 0 Å². The molecule has 0 bridgehead atoms. The summed E-state index contributed by atoms with van der Waals surface area (Å²) in [6, 6.07) is 0. The van der Waals surface area contributed by atoms with Gasteiger partial charge in [0.15, 0.2) is 11.4 Å². The summed E-state index contributed by atoms with van der Waals surface area (Å²) in [6.07, 6.45) is -3.07. The maximum atomic E-state index is 12.6. The van der Waals surface area contributed by atoms with E-state index < -0.39 is 36.4 Å². The third-order valence-corrected chi connectivity index (χ3v) is 3.54. The molecule has 1 aromatic heterocycles. The number of ether oxygens (including phenoxy) is 1. The molecule has 0 spiro atoms. The van der Waals surface area contributed by atoms with Gasteiger partial charge in [0.1, 0.15) is 0 Å². The van der Waals surface area contributed by atoms with Gasteiger partial charge in [-0.05, 0) is 27.7 Å². The second kappa shape index (κ2) is 6.51. The number of esters is 1. The van der Waals surface area contributed by atoms with E-state index in [1.165, 1.54) is 4.68 Å².